The zero-order valence-electron chi connectivity index (χ0n) is 10.7. The molecule has 4 heteroatoms. The lowest BCUT2D eigenvalue weighted by molar-refractivity contribution is -0.135. The lowest BCUT2D eigenvalue weighted by atomic mass is 10.1. The highest BCUT2D eigenvalue weighted by Gasteiger charge is 2.18. The molecule has 1 heterocycles. The lowest BCUT2D eigenvalue weighted by Gasteiger charge is -2.26. The number of rotatable bonds is 7. The monoisotopic (exact) mass is 313 g/mol. The van der Waals surface area contributed by atoms with Crippen molar-refractivity contribution in [2.75, 3.05) is 19.8 Å². The normalized spacial score (nSPS) is 15.7. The van der Waals surface area contributed by atoms with Gasteiger partial charge in [-0.25, -0.2) is 0 Å². The number of benzene rings is 1. The standard InChI is InChI=1S/C14H20BrNO2/c1-2-5-16-7-11-3-4-12(14(15)6-11)8-18-13-9-17-10-13/h3-4,6,13,16H,2,5,7-10H2,1H3. The second kappa shape index (κ2) is 7.24. The van der Waals surface area contributed by atoms with E-state index in [1.54, 1.807) is 0 Å². The third-order valence-corrected chi connectivity index (χ3v) is 3.69. The average molecular weight is 314 g/mol. The molecule has 1 aliphatic heterocycles. The topological polar surface area (TPSA) is 30.5 Å². The summed E-state index contributed by atoms with van der Waals surface area (Å²) in [6.45, 7) is 6.27. The van der Waals surface area contributed by atoms with Crippen LogP contribution in [0.15, 0.2) is 22.7 Å². The van der Waals surface area contributed by atoms with Crippen LogP contribution in [0.5, 0.6) is 0 Å². The molecule has 0 bridgehead atoms. The number of hydrogen-bond acceptors (Lipinski definition) is 3. The van der Waals surface area contributed by atoms with Crippen molar-refractivity contribution in [1.29, 1.82) is 0 Å². The van der Waals surface area contributed by atoms with Crippen LogP contribution >= 0.6 is 15.9 Å². The second-order valence-corrected chi connectivity index (χ2v) is 5.43. The quantitative estimate of drug-likeness (QED) is 0.785. The minimum absolute atomic E-state index is 0.280. The summed E-state index contributed by atoms with van der Waals surface area (Å²) in [4.78, 5) is 0. The molecule has 0 spiro atoms. The Morgan fingerprint density at radius 2 is 2.28 bits per heavy atom. The van der Waals surface area contributed by atoms with Crippen molar-refractivity contribution in [3.63, 3.8) is 0 Å². The van der Waals surface area contributed by atoms with E-state index in [2.05, 4.69) is 46.4 Å². The van der Waals surface area contributed by atoms with Crippen molar-refractivity contribution < 1.29 is 9.47 Å². The van der Waals surface area contributed by atoms with Gasteiger partial charge >= 0.3 is 0 Å². The zero-order valence-corrected chi connectivity index (χ0v) is 12.3. The van der Waals surface area contributed by atoms with Gasteiger partial charge in [-0.15, -0.1) is 0 Å². The van der Waals surface area contributed by atoms with E-state index >= 15 is 0 Å². The molecule has 0 saturated carbocycles. The first-order valence-corrected chi connectivity index (χ1v) is 7.26. The van der Waals surface area contributed by atoms with Crippen molar-refractivity contribution >= 4 is 15.9 Å². The molecular formula is C14H20BrNO2. The molecule has 0 aliphatic carbocycles. The van der Waals surface area contributed by atoms with Crippen LogP contribution in [0.2, 0.25) is 0 Å². The van der Waals surface area contributed by atoms with Gasteiger partial charge in [0.1, 0.15) is 6.10 Å². The molecule has 1 aliphatic rings. The van der Waals surface area contributed by atoms with Gasteiger partial charge in [-0.3, -0.25) is 0 Å². The van der Waals surface area contributed by atoms with E-state index in [4.69, 9.17) is 9.47 Å². The predicted molar refractivity (Wildman–Crippen MR) is 75.5 cm³/mol. The first-order chi connectivity index (χ1) is 8.79. The van der Waals surface area contributed by atoms with Crippen molar-refractivity contribution in [2.24, 2.45) is 0 Å². The smallest absolute Gasteiger partial charge is 0.105 e. The Balaban J connectivity index is 1.83. The Morgan fingerprint density at radius 1 is 1.44 bits per heavy atom. The summed E-state index contributed by atoms with van der Waals surface area (Å²) in [5.74, 6) is 0. The van der Waals surface area contributed by atoms with Crippen molar-refractivity contribution in [3.05, 3.63) is 33.8 Å². The molecule has 3 nitrogen and oxygen atoms in total. The fourth-order valence-corrected chi connectivity index (χ4v) is 2.29. The molecule has 1 fully saturated rings. The van der Waals surface area contributed by atoms with Gasteiger partial charge in [-0.2, -0.15) is 0 Å². The van der Waals surface area contributed by atoms with Crippen LogP contribution in [-0.2, 0) is 22.6 Å². The summed E-state index contributed by atoms with van der Waals surface area (Å²) in [5.41, 5.74) is 2.49. The van der Waals surface area contributed by atoms with Crippen molar-refractivity contribution in [1.82, 2.24) is 5.32 Å². The van der Waals surface area contributed by atoms with Crippen LogP contribution in [0.3, 0.4) is 0 Å². The summed E-state index contributed by atoms with van der Waals surface area (Å²) in [7, 11) is 0. The Kier molecular flexibility index (Phi) is 5.63. The number of hydrogen-bond donors (Lipinski definition) is 1. The average Bonchev–Trinajstić information content (AvgIpc) is 2.30. The highest BCUT2D eigenvalue weighted by atomic mass is 79.9. The first kappa shape index (κ1) is 14.0. The summed E-state index contributed by atoms with van der Waals surface area (Å²) in [6.07, 6.45) is 1.44. The zero-order chi connectivity index (χ0) is 12.8. The second-order valence-electron chi connectivity index (χ2n) is 4.57. The fraction of sp³-hybridized carbons (Fsp3) is 0.571. The van der Waals surface area contributed by atoms with Gasteiger partial charge in [0, 0.05) is 11.0 Å². The van der Waals surface area contributed by atoms with Crippen LogP contribution in [-0.4, -0.2) is 25.9 Å². The summed E-state index contributed by atoms with van der Waals surface area (Å²) in [6, 6.07) is 6.45. The van der Waals surface area contributed by atoms with Crippen LogP contribution in [0.1, 0.15) is 24.5 Å². The highest BCUT2D eigenvalue weighted by Crippen LogP contribution is 2.21. The highest BCUT2D eigenvalue weighted by molar-refractivity contribution is 9.10. The van der Waals surface area contributed by atoms with Crippen LogP contribution in [0.25, 0.3) is 0 Å². The fourth-order valence-electron chi connectivity index (χ4n) is 1.75. The third-order valence-electron chi connectivity index (χ3n) is 2.96. The molecule has 0 radical (unpaired) electrons. The van der Waals surface area contributed by atoms with E-state index < -0.39 is 0 Å². The Bertz CT molecular complexity index is 380. The van der Waals surface area contributed by atoms with Gasteiger partial charge in [0.05, 0.1) is 19.8 Å². The van der Waals surface area contributed by atoms with Crippen molar-refractivity contribution in [3.8, 4) is 0 Å². The molecule has 18 heavy (non-hydrogen) atoms. The molecule has 0 atom stereocenters. The maximum Gasteiger partial charge on any atom is 0.105 e. The van der Waals surface area contributed by atoms with Crippen LogP contribution < -0.4 is 5.32 Å². The molecule has 1 saturated heterocycles. The summed E-state index contributed by atoms with van der Waals surface area (Å²) < 4.78 is 11.9. The minimum atomic E-state index is 0.280. The van der Waals surface area contributed by atoms with E-state index in [1.165, 1.54) is 11.1 Å². The molecule has 1 N–H and O–H groups in total. The van der Waals surface area contributed by atoms with Gasteiger partial charge < -0.3 is 14.8 Å². The lowest BCUT2D eigenvalue weighted by Crippen LogP contribution is -2.35. The molecule has 100 valence electrons. The molecule has 1 aromatic carbocycles. The minimum Gasteiger partial charge on any atom is -0.376 e. The predicted octanol–water partition coefficient (Wildman–Crippen LogP) is 2.86. The summed E-state index contributed by atoms with van der Waals surface area (Å²) >= 11 is 3.61. The molecule has 0 aromatic heterocycles. The molecule has 0 amide bonds. The van der Waals surface area contributed by atoms with E-state index in [0.717, 1.165) is 37.2 Å². The van der Waals surface area contributed by atoms with Gasteiger partial charge in [-0.05, 0) is 30.2 Å². The maximum absolute atomic E-state index is 5.71. The van der Waals surface area contributed by atoms with Crippen LogP contribution in [0.4, 0.5) is 0 Å². The molecule has 1 aromatic rings. The SMILES string of the molecule is CCCNCc1ccc(COC2COC2)c(Br)c1. The van der Waals surface area contributed by atoms with Gasteiger partial charge in [0.25, 0.3) is 0 Å². The van der Waals surface area contributed by atoms with Gasteiger partial charge in [0.2, 0.25) is 0 Å². The Morgan fingerprint density at radius 3 is 2.89 bits per heavy atom. The van der Waals surface area contributed by atoms with E-state index in [0.29, 0.717) is 6.61 Å². The number of ether oxygens (including phenoxy) is 2. The van der Waals surface area contributed by atoms with Gasteiger partial charge in [-0.1, -0.05) is 35.0 Å². The molecule has 2 rings (SSSR count). The maximum atomic E-state index is 5.71. The third kappa shape index (κ3) is 4.05. The Labute approximate surface area is 117 Å². The van der Waals surface area contributed by atoms with Crippen LogP contribution in [0, 0.1) is 0 Å². The molecule has 0 unspecified atom stereocenters. The first-order valence-electron chi connectivity index (χ1n) is 6.47. The largest absolute Gasteiger partial charge is 0.376 e. The molecular weight excluding hydrogens is 294 g/mol. The van der Waals surface area contributed by atoms with E-state index in [1.807, 2.05) is 0 Å². The van der Waals surface area contributed by atoms with Gasteiger partial charge in [0.15, 0.2) is 0 Å². The Hall–Kier alpha value is -0.420. The van der Waals surface area contributed by atoms with E-state index in [9.17, 15) is 0 Å². The van der Waals surface area contributed by atoms with E-state index in [-0.39, 0.29) is 6.10 Å². The summed E-state index contributed by atoms with van der Waals surface area (Å²) in [5, 5.41) is 3.40. The number of nitrogens with one attached hydrogen (secondary N) is 1. The van der Waals surface area contributed by atoms with Crippen molar-refractivity contribution in [2.45, 2.75) is 32.6 Å². The number of halogens is 1.